The van der Waals surface area contributed by atoms with Crippen molar-refractivity contribution >= 4 is 11.9 Å². The van der Waals surface area contributed by atoms with Gasteiger partial charge in [-0.2, -0.15) is 13.2 Å². The summed E-state index contributed by atoms with van der Waals surface area (Å²) in [6.07, 6.45) is -1.14. The molecule has 3 aromatic rings. The summed E-state index contributed by atoms with van der Waals surface area (Å²) < 4.78 is 68.7. The second-order valence-corrected chi connectivity index (χ2v) is 7.86. The molecule has 2 N–H and O–H groups in total. The molecule has 0 radical (unpaired) electrons. The van der Waals surface area contributed by atoms with Gasteiger partial charge in [-0.25, -0.2) is 18.6 Å². The molecule has 1 unspecified atom stereocenters. The fraction of sp³-hybridized carbons (Fsp3) is 0.250. The Hall–Kier alpha value is -4.09. The lowest BCUT2D eigenvalue weighted by Gasteiger charge is -2.24. The maximum absolute atomic E-state index is 14.8. The number of carbonyl (C=O) groups is 2. The molecule has 3 rings (SSSR count). The summed E-state index contributed by atoms with van der Waals surface area (Å²) >= 11 is 0. The number of amides is 3. The van der Waals surface area contributed by atoms with Crippen molar-refractivity contribution in [3.63, 3.8) is 0 Å². The molecule has 2 aromatic heterocycles. The molecule has 0 fully saturated rings. The smallest absolute Gasteiger partial charge is 0.328 e. The number of hydrogen-bond donors (Lipinski definition) is 2. The zero-order valence-corrected chi connectivity index (χ0v) is 19.5. The van der Waals surface area contributed by atoms with E-state index in [1.807, 2.05) is 0 Å². The number of benzene rings is 1. The Morgan fingerprint density at radius 2 is 1.81 bits per heavy atom. The highest BCUT2D eigenvalue weighted by Crippen LogP contribution is 2.39. The molecule has 36 heavy (non-hydrogen) atoms. The molecule has 0 aliphatic carbocycles. The first-order valence-electron chi connectivity index (χ1n) is 10.7. The Labute approximate surface area is 203 Å². The summed E-state index contributed by atoms with van der Waals surface area (Å²) in [6, 6.07) is 3.34. The minimum atomic E-state index is -5.00. The molecule has 0 spiro atoms. The van der Waals surface area contributed by atoms with Gasteiger partial charge in [0.1, 0.15) is 11.6 Å². The molecule has 2 heterocycles. The Bertz CT molecular complexity index is 1280. The van der Waals surface area contributed by atoms with E-state index in [2.05, 4.69) is 20.7 Å². The lowest BCUT2D eigenvalue weighted by Crippen LogP contribution is -2.51. The monoisotopic (exact) mass is 507 g/mol. The molecular formula is C24H22F5N5O2. The van der Waals surface area contributed by atoms with E-state index in [1.165, 1.54) is 13.1 Å². The van der Waals surface area contributed by atoms with Crippen LogP contribution in [0.5, 0.6) is 0 Å². The highest BCUT2D eigenvalue weighted by molar-refractivity contribution is 5.95. The van der Waals surface area contributed by atoms with Gasteiger partial charge in [0, 0.05) is 30.7 Å². The minimum Gasteiger partial charge on any atom is -0.328 e. The van der Waals surface area contributed by atoms with Gasteiger partial charge in [0.15, 0.2) is 0 Å². The van der Waals surface area contributed by atoms with Crippen LogP contribution in [0.1, 0.15) is 47.1 Å². The van der Waals surface area contributed by atoms with E-state index in [4.69, 9.17) is 0 Å². The highest BCUT2D eigenvalue weighted by atomic mass is 19.4. The molecule has 1 atom stereocenters. The summed E-state index contributed by atoms with van der Waals surface area (Å²) in [5, 5.41) is 3.44. The van der Waals surface area contributed by atoms with Crippen LogP contribution in [0.2, 0.25) is 0 Å². The van der Waals surface area contributed by atoms with Gasteiger partial charge >= 0.3 is 12.2 Å². The molecule has 3 amide bonds. The Morgan fingerprint density at radius 3 is 2.42 bits per heavy atom. The second-order valence-electron chi connectivity index (χ2n) is 7.86. The summed E-state index contributed by atoms with van der Waals surface area (Å²) in [6.45, 7) is 4.83. The topological polar surface area (TPSA) is 87.2 Å². The van der Waals surface area contributed by atoms with Gasteiger partial charge in [-0.3, -0.25) is 20.2 Å². The van der Waals surface area contributed by atoms with Crippen LogP contribution in [-0.2, 0) is 6.18 Å². The predicted molar refractivity (Wildman–Crippen MR) is 120 cm³/mol. The SMILES string of the molecule is CCN(NC(=O)c1cncc(C)c1)C(=O)NC(C)c1ncc(-c2cccc(F)c2C(F)(F)F)cc1F. The number of rotatable bonds is 5. The minimum absolute atomic E-state index is 0.0676. The molecule has 12 heteroatoms. The summed E-state index contributed by atoms with van der Waals surface area (Å²) in [7, 11) is 0. The summed E-state index contributed by atoms with van der Waals surface area (Å²) in [5.74, 6) is -3.08. The van der Waals surface area contributed by atoms with Gasteiger partial charge in [-0.05, 0) is 50.1 Å². The average molecular weight is 507 g/mol. The molecule has 0 saturated carbocycles. The van der Waals surface area contributed by atoms with E-state index in [-0.39, 0.29) is 23.4 Å². The van der Waals surface area contributed by atoms with E-state index in [0.717, 1.165) is 35.0 Å². The predicted octanol–water partition coefficient (Wildman–Crippen LogP) is 5.19. The third kappa shape index (κ3) is 5.93. The van der Waals surface area contributed by atoms with Crippen molar-refractivity contribution in [2.24, 2.45) is 0 Å². The number of alkyl halides is 3. The van der Waals surface area contributed by atoms with Gasteiger partial charge in [0.25, 0.3) is 5.91 Å². The van der Waals surface area contributed by atoms with E-state index >= 15 is 0 Å². The number of hydrazine groups is 1. The fourth-order valence-corrected chi connectivity index (χ4v) is 3.44. The van der Waals surface area contributed by atoms with Gasteiger partial charge in [-0.1, -0.05) is 12.1 Å². The first-order chi connectivity index (χ1) is 16.9. The number of nitrogens with zero attached hydrogens (tertiary/aromatic N) is 3. The number of hydrogen-bond acceptors (Lipinski definition) is 4. The maximum atomic E-state index is 14.8. The number of aryl methyl sites for hydroxylation is 1. The molecule has 0 bridgehead atoms. The van der Waals surface area contributed by atoms with Crippen molar-refractivity contribution < 1.29 is 31.5 Å². The van der Waals surface area contributed by atoms with E-state index < -0.39 is 46.9 Å². The zero-order valence-electron chi connectivity index (χ0n) is 19.5. The van der Waals surface area contributed by atoms with Crippen molar-refractivity contribution in [2.75, 3.05) is 6.54 Å². The van der Waals surface area contributed by atoms with Crippen LogP contribution in [0.3, 0.4) is 0 Å². The van der Waals surface area contributed by atoms with Crippen LogP contribution in [0.15, 0.2) is 48.9 Å². The second kappa shape index (κ2) is 10.7. The quantitative estimate of drug-likeness (QED) is 0.368. The van der Waals surface area contributed by atoms with E-state index in [9.17, 15) is 31.5 Å². The number of carbonyl (C=O) groups excluding carboxylic acids is 2. The molecule has 0 saturated heterocycles. The Balaban J connectivity index is 1.77. The van der Waals surface area contributed by atoms with Gasteiger partial charge in [-0.15, -0.1) is 0 Å². The third-order valence-electron chi connectivity index (χ3n) is 5.16. The van der Waals surface area contributed by atoms with Gasteiger partial charge < -0.3 is 5.32 Å². The van der Waals surface area contributed by atoms with Crippen molar-refractivity contribution in [1.29, 1.82) is 0 Å². The molecular weight excluding hydrogens is 485 g/mol. The fourth-order valence-electron chi connectivity index (χ4n) is 3.44. The van der Waals surface area contributed by atoms with Crippen LogP contribution in [0.4, 0.5) is 26.7 Å². The van der Waals surface area contributed by atoms with Crippen LogP contribution < -0.4 is 10.7 Å². The number of halogens is 5. The van der Waals surface area contributed by atoms with Gasteiger partial charge in [0.05, 0.1) is 22.9 Å². The number of aromatic nitrogens is 2. The molecule has 1 aromatic carbocycles. The van der Waals surface area contributed by atoms with Crippen LogP contribution in [-0.4, -0.2) is 33.5 Å². The number of nitrogens with one attached hydrogen (secondary N) is 2. The highest BCUT2D eigenvalue weighted by Gasteiger charge is 2.37. The van der Waals surface area contributed by atoms with Crippen LogP contribution in [0.25, 0.3) is 11.1 Å². The van der Waals surface area contributed by atoms with Crippen molar-refractivity contribution in [2.45, 2.75) is 33.0 Å². The standard InChI is InChI=1S/C24H22F5N5O2/c1-4-34(33-22(35)16-8-13(2)10-30-11-16)23(36)32-14(3)21-19(26)9-15(12-31-21)17-6-5-7-18(25)20(17)24(27,28)29/h5-12,14H,4H2,1-3H3,(H,32,36)(H,33,35). The van der Waals surface area contributed by atoms with Crippen LogP contribution in [0, 0.1) is 18.6 Å². The zero-order chi connectivity index (χ0) is 26.6. The lowest BCUT2D eigenvalue weighted by atomic mass is 9.99. The van der Waals surface area contributed by atoms with Crippen molar-refractivity contribution in [3.05, 3.63) is 82.9 Å². The molecule has 0 aliphatic heterocycles. The number of urea groups is 1. The third-order valence-corrected chi connectivity index (χ3v) is 5.16. The van der Waals surface area contributed by atoms with E-state index in [1.54, 1.807) is 26.1 Å². The molecule has 7 nitrogen and oxygen atoms in total. The van der Waals surface area contributed by atoms with Crippen LogP contribution >= 0.6 is 0 Å². The Kier molecular flexibility index (Phi) is 7.86. The van der Waals surface area contributed by atoms with Crippen molar-refractivity contribution in [1.82, 2.24) is 25.7 Å². The largest absolute Gasteiger partial charge is 0.419 e. The summed E-state index contributed by atoms with van der Waals surface area (Å²) in [4.78, 5) is 32.9. The Morgan fingerprint density at radius 1 is 1.08 bits per heavy atom. The van der Waals surface area contributed by atoms with Crippen molar-refractivity contribution in [3.8, 4) is 11.1 Å². The normalized spacial score (nSPS) is 12.1. The van der Waals surface area contributed by atoms with Gasteiger partial charge in [0.2, 0.25) is 0 Å². The first-order valence-corrected chi connectivity index (χ1v) is 10.7. The first kappa shape index (κ1) is 26.5. The maximum Gasteiger partial charge on any atom is 0.419 e. The molecule has 190 valence electrons. The average Bonchev–Trinajstić information content (AvgIpc) is 2.81. The summed E-state index contributed by atoms with van der Waals surface area (Å²) in [5.41, 5.74) is 0.759. The lowest BCUT2D eigenvalue weighted by molar-refractivity contribution is -0.139. The molecule has 0 aliphatic rings. The number of pyridine rings is 2. The van der Waals surface area contributed by atoms with E-state index in [0.29, 0.717) is 6.07 Å².